The number of thiocarbonyl (C=S) groups is 1. The van der Waals surface area contributed by atoms with Crippen LogP contribution in [0.15, 0.2) is 0 Å². The lowest BCUT2D eigenvalue weighted by molar-refractivity contribution is 0.457. The quantitative estimate of drug-likeness (QED) is 0.322. The maximum Gasteiger partial charge on any atom is 0.180 e. The number of hydrogen-bond donors (Lipinski definition) is 3. The van der Waals surface area contributed by atoms with E-state index in [1.165, 1.54) is 0 Å². The molecular formula is C8H17N3S. The van der Waals surface area contributed by atoms with Gasteiger partial charge in [-0.15, -0.1) is 0 Å². The zero-order valence-electron chi connectivity index (χ0n) is 8.06. The lowest BCUT2D eigenvalue weighted by Gasteiger charge is -2.07. The van der Waals surface area contributed by atoms with Crippen LogP contribution in [0.3, 0.4) is 0 Å². The maximum atomic E-state index is 5.17. The number of nitrogens with one attached hydrogen (secondary N) is 2. The molecule has 0 amide bonds. The van der Waals surface area contributed by atoms with Crippen molar-refractivity contribution in [2.24, 2.45) is 16.7 Å². The Balaban J connectivity index is 2.54. The smallest absolute Gasteiger partial charge is 0.180 e. The summed E-state index contributed by atoms with van der Waals surface area (Å²) in [6, 6.07) is 0.425. The molecule has 0 radical (unpaired) electrons. The minimum atomic E-state index is 0.300. The molecule has 1 rings (SSSR count). The van der Waals surface area contributed by atoms with E-state index in [2.05, 4.69) is 38.4 Å². The van der Waals surface area contributed by atoms with Crippen molar-refractivity contribution in [2.45, 2.75) is 33.7 Å². The van der Waals surface area contributed by atoms with E-state index in [0.29, 0.717) is 22.0 Å². The van der Waals surface area contributed by atoms with Crippen LogP contribution in [-0.4, -0.2) is 11.2 Å². The average molecular weight is 187 g/mol. The van der Waals surface area contributed by atoms with Gasteiger partial charge in [-0.25, -0.2) is 5.84 Å². The predicted molar refractivity (Wildman–Crippen MR) is 54.4 cm³/mol. The van der Waals surface area contributed by atoms with E-state index in [-0.39, 0.29) is 0 Å². The van der Waals surface area contributed by atoms with E-state index < -0.39 is 0 Å². The van der Waals surface area contributed by atoms with Crippen molar-refractivity contribution in [1.29, 1.82) is 0 Å². The number of hydrogen-bond acceptors (Lipinski definition) is 2. The van der Waals surface area contributed by atoms with Gasteiger partial charge in [-0.1, -0.05) is 27.7 Å². The average Bonchev–Trinajstić information content (AvgIpc) is 2.32. The maximum absolute atomic E-state index is 5.17. The van der Waals surface area contributed by atoms with Crippen LogP contribution in [-0.2, 0) is 0 Å². The Bertz CT molecular complexity index is 196. The highest BCUT2D eigenvalue weighted by molar-refractivity contribution is 7.80. The Morgan fingerprint density at radius 2 is 1.67 bits per heavy atom. The fourth-order valence-electron chi connectivity index (χ4n) is 1.73. The van der Waals surface area contributed by atoms with Crippen molar-refractivity contribution in [2.75, 3.05) is 0 Å². The summed E-state index contributed by atoms with van der Waals surface area (Å²) in [6.45, 7) is 8.90. The molecule has 0 heterocycles. The van der Waals surface area contributed by atoms with Gasteiger partial charge < -0.3 is 10.7 Å². The Morgan fingerprint density at radius 3 is 1.92 bits per heavy atom. The van der Waals surface area contributed by atoms with Gasteiger partial charge in [0.2, 0.25) is 0 Å². The standard InChI is InChI=1S/C8H17N3S/c1-7(2)5(8(7,3)4)10-6(12)11-9/h5H,9H2,1-4H3,(H2,10,11,12). The van der Waals surface area contributed by atoms with Gasteiger partial charge in [0.1, 0.15) is 0 Å². The summed E-state index contributed by atoms with van der Waals surface area (Å²) >= 11 is 4.93. The van der Waals surface area contributed by atoms with E-state index in [1.54, 1.807) is 0 Å². The molecule has 0 saturated heterocycles. The highest BCUT2D eigenvalue weighted by Gasteiger charge is 2.65. The lowest BCUT2D eigenvalue weighted by atomic mass is 10.0. The molecule has 1 fully saturated rings. The third kappa shape index (κ3) is 1.19. The van der Waals surface area contributed by atoms with Gasteiger partial charge in [-0.05, 0) is 23.0 Å². The summed E-state index contributed by atoms with van der Waals surface area (Å²) in [4.78, 5) is 0. The van der Waals surface area contributed by atoms with Crippen LogP contribution in [0.4, 0.5) is 0 Å². The first-order valence-electron chi connectivity index (χ1n) is 4.11. The third-order valence-electron chi connectivity index (χ3n) is 3.43. The second-order valence-electron chi connectivity index (χ2n) is 4.49. The Hall–Kier alpha value is -0.350. The van der Waals surface area contributed by atoms with Crippen molar-refractivity contribution in [1.82, 2.24) is 10.7 Å². The fourth-order valence-corrected chi connectivity index (χ4v) is 1.85. The van der Waals surface area contributed by atoms with E-state index in [4.69, 9.17) is 18.1 Å². The van der Waals surface area contributed by atoms with Gasteiger partial charge in [0.25, 0.3) is 0 Å². The van der Waals surface area contributed by atoms with Gasteiger partial charge in [0.15, 0.2) is 5.11 Å². The largest absolute Gasteiger partial charge is 0.358 e. The summed E-state index contributed by atoms with van der Waals surface area (Å²) in [5.74, 6) is 5.17. The van der Waals surface area contributed by atoms with Crippen LogP contribution in [0.2, 0.25) is 0 Å². The fraction of sp³-hybridized carbons (Fsp3) is 0.875. The number of hydrazine groups is 1. The van der Waals surface area contributed by atoms with Crippen LogP contribution in [0.5, 0.6) is 0 Å². The highest BCUT2D eigenvalue weighted by Crippen LogP contribution is 2.62. The molecular weight excluding hydrogens is 170 g/mol. The van der Waals surface area contributed by atoms with E-state index in [1.807, 2.05) is 0 Å². The molecule has 70 valence electrons. The molecule has 4 N–H and O–H groups in total. The minimum absolute atomic E-state index is 0.300. The topological polar surface area (TPSA) is 50.1 Å². The molecule has 0 spiro atoms. The van der Waals surface area contributed by atoms with Crippen LogP contribution in [0, 0.1) is 10.8 Å². The van der Waals surface area contributed by atoms with Crippen molar-refractivity contribution in [3.05, 3.63) is 0 Å². The van der Waals surface area contributed by atoms with Gasteiger partial charge in [-0.3, -0.25) is 0 Å². The predicted octanol–water partition coefficient (Wildman–Crippen LogP) is 0.759. The van der Waals surface area contributed by atoms with Crippen molar-refractivity contribution in [3.63, 3.8) is 0 Å². The first-order chi connectivity index (χ1) is 5.34. The van der Waals surface area contributed by atoms with Gasteiger partial charge in [0.05, 0.1) is 0 Å². The van der Waals surface area contributed by atoms with E-state index >= 15 is 0 Å². The highest BCUT2D eigenvalue weighted by atomic mass is 32.1. The van der Waals surface area contributed by atoms with Gasteiger partial charge in [-0.2, -0.15) is 0 Å². The van der Waals surface area contributed by atoms with Crippen molar-refractivity contribution >= 4 is 17.3 Å². The molecule has 12 heavy (non-hydrogen) atoms. The Kier molecular flexibility index (Phi) is 2.08. The molecule has 4 heteroatoms. The van der Waals surface area contributed by atoms with E-state index in [9.17, 15) is 0 Å². The molecule has 0 aromatic carbocycles. The molecule has 0 bridgehead atoms. The Morgan fingerprint density at radius 1 is 1.25 bits per heavy atom. The summed E-state index contributed by atoms with van der Waals surface area (Å²) < 4.78 is 0. The Labute approximate surface area is 79.1 Å². The SMILES string of the molecule is CC1(C)C(NC(=S)NN)C1(C)C. The van der Waals surface area contributed by atoms with Crippen LogP contribution in [0.25, 0.3) is 0 Å². The number of nitrogens with two attached hydrogens (primary N) is 1. The molecule has 0 aromatic rings. The number of rotatable bonds is 1. The first kappa shape index (κ1) is 9.74. The van der Waals surface area contributed by atoms with E-state index in [0.717, 1.165) is 0 Å². The second-order valence-corrected chi connectivity index (χ2v) is 4.90. The molecule has 1 saturated carbocycles. The van der Waals surface area contributed by atoms with Crippen LogP contribution in [0.1, 0.15) is 27.7 Å². The first-order valence-corrected chi connectivity index (χ1v) is 4.52. The minimum Gasteiger partial charge on any atom is -0.358 e. The van der Waals surface area contributed by atoms with Gasteiger partial charge in [0, 0.05) is 6.04 Å². The van der Waals surface area contributed by atoms with Gasteiger partial charge >= 0.3 is 0 Å². The van der Waals surface area contributed by atoms with Crippen molar-refractivity contribution in [3.8, 4) is 0 Å². The zero-order valence-corrected chi connectivity index (χ0v) is 8.88. The normalized spacial score (nSPS) is 24.8. The molecule has 3 nitrogen and oxygen atoms in total. The van der Waals surface area contributed by atoms with Crippen LogP contribution >= 0.6 is 12.2 Å². The summed E-state index contributed by atoms with van der Waals surface area (Å²) in [7, 11) is 0. The molecule has 0 unspecified atom stereocenters. The molecule has 0 aromatic heterocycles. The van der Waals surface area contributed by atoms with Crippen LogP contribution < -0.4 is 16.6 Å². The second kappa shape index (κ2) is 2.57. The zero-order chi connectivity index (χ0) is 9.57. The van der Waals surface area contributed by atoms with Crippen molar-refractivity contribution < 1.29 is 0 Å². The molecule has 1 aliphatic carbocycles. The third-order valence-corrected chi connectivity index (χ3v) is 3.66. The lowest BCUT2D eigenvalue weighted by Crippen LogP contribution is -2.42. The molecule has 0 atom stereocenters. The monoisotopic (exact) mass is 187 g/mol. The summed E-state index contributed by atoms with van der Waals surface area (Å²) in [6.07, 6.45) is 0. The summed E-state index contributed by atoms with van der Waals surface area (Å²) in [5, 5.41) is 3.71. The summed E-state index contributed by atoms with van der Waals surface area (Å²) in [5.41, 5.74) is 3.03. The molecule has 0 aliphatic heterocycles. The molecule has 1 aliphatic rings.